The molecule has 8 aromatic rings. The van der Waals surface area contributed by atoms with E-state index < -0.39 is 29.5 Å². The Morgan fingerprint density at radius 2 is 1.00 bits per heavy atom. The van der Waals surface area contributed by atoms with Crippen molar-refractivity contribution in [2.45, 2.75) is 50.6 Å². The molecule has 378 valence electrons. The SMILES string of the molecule is CNC(=O)c1c(-c2ccc(Cl)cc2)oc2cc(CN(c3ccc(OBOc4ccc(N(Cc5cc6oc(-c7ccc(Cl)cc7)c(C(=O)NC)c6cc5C5CC5)[SH](=O)=O)cc4C#N)c(C#N)c3)[SH](=O)=O)c(C3CC3)cc12. The zero-order valence-corrected chi connectivity index (χ0v) is 43.3. The van der Waals surface area contributed by atoms with Crippen molar-refractivity contribution in [3.63, 3.8) is 0 Å². The summed E-state index contributed by atoms with van der Waals surface area (Å²) in [7, 11) is -3.88. The van der Waals surface area contributed by atoms with E-state index in [0.717, 1.165) is 45.4 Å². The summed E-state index contributed by atoms with van der Waals surface area (Å²) in [5, 5.41) is 28.1. The molecule has 6 aromatic carbocycles. The molecule has 0 atom stereocenters. The van der Waals surface area contributed by atoms with Crippen LogP contribution in [0.15, 0.2) is 118 Å². The summed E-state index contributed by atoms with van der Waals surface area (Å²) >= 11 is 12.3. The predicted octanol–water partition coefficient (Wildman–Crippen LogP) is 9.83. The summed E-state index contributed by atoms with van der Waals surface area (Å²) in [6.45, 7) is -0.197. The van der Waals surface area contributed by atoms with Crippen LogP contribution in [0.4, 0.5) is 11.4 Å². The number of carbonyl (C=O) groups excluding carboxylic acids is 2. The van der Waals surface area contributed by atoms with Crippen molar-refractivity contribution in [3.8, 4) is 46.3 Å². The number of amides is 2. The van der Waals surface area contributed by atoms with Crippen LogP contribution in [0.3, 0.4) is 0 Å². The van der Waals surface area contributed by atoms with Crippen LogP contribution in [0.2, 0.25) is 10.0 Å². The number of fused-ring (bicyclic) bond motifs is 2. The Morgan fingerprint density at radius 3 is 1.33 bits per heavy atom. The van der Waals surface area contributed by atoms with Crippen molar-refractivity contribution in [3.05, 3.63) is 164 Å². The zero-order valence-electron chi connectivity index (χ0n) is 40.0. The molecule has 0 aliphatic heterocycles. The smallest absolute Gasteiger partial charge is 0.527 e. The van der Waals surface area contributed by atoms with Gasteiger partial charge in [-0.2, -0.15) is 10.5 Å². The normalized spacial score (nSPS) is 13.1. The van der Waals surface area contributed by atoms with E-state index in [4.69, 9.17) is 41.3 Å². The second-order valence-corrected chi connectivity index (χ2v) is 20.8. The van der Waals surface area contributed by atoms with Gasteiger partial charge in [0.2, 0.25) is 21.8 Å². The zero-order chi connectivity index (χ0) is 52.7. The third-order valence-corrected chi connectivity index (χ3v) is 15.3. The van der Waals surface area contributed by atoms with Crippen molar-refractivity contribution in [1.29, 1.82) is 10.5 Å². The van der Waals surface area contributed by atoms with Crippen LogP contribution < -0.4 is 28.6 Å². The van der Waals surface area contributed by atoms with Crippen molar-refractivity contribution < 1.29 is 44.6 Å². The minimum absolute atomic E-state index is 0.000201. The maximum absolute atomic E-state index is 13.3. The van der Waals surface area contributed by atoms with Crippen LogP contribution in [0.25, 0.3) is 44.6 Å². The molecule has 21 heteroatoms. The lowest BCUT2D eigenvalue weighted by Gasteiger charge is -2.21. The average molecular weight is 1080 g/mol. The highest BCUT2D eigenvalue weighted by molar-refractivity contribution is 7.74. The van der Waals surface area contributed by atoms with Gasteiger partial charge in [0, 0.05) is 46.0 Å². The fourth-order valence-corrected chi connectivity index (χ4v) is 10.7. The number of hydrogen-bond acceptors (Lipinski definition) is 12. The monoisotopic (exact) mass is 1080 g/mol. The molecular formula is C54H43BCl2N6O10S2. The molecule has 0 radical (unpaired) electrons. The number of nitrogens with zero attached hydrogens (tertiary/aromatic N) is 4. The summed E-state index contributed by atoms with van der Waals surface area (Å²) in [5.74, 6) is 0.441. The van der Waals surface area contributed by atoms with E-state index in [2.05, 4.69) is 22.8 Å². The van der Waals surface area contributed by atoms with Crippen molar-refractivity contribution in [1.82, 2.24) is 10.6 Å². The third kappa shape index (κ3) is 10.3. The standard InChI is InChI=1S/C54H43BCl2N6O10S2/c1-60-53(64)49-43-23-41(29-3-4-29)35(21-47(43)70-51(49)31-7-11-37(56)12-8-31)27-62(74(66)67)39-15-17-45(33(19-39)25-58)72-55-73-46-18-16-40(20-34(46)26-59)63(75(68)69)28-36-22-48-44(24-42(36)30-5-6-30)50(54(65)61-2)52(71-48)32-9-13-38(57)14-10-32/h7-24,29-30,55,74-75H,3-6,27-28H2,1-2H3,(H,60,64)(H,61,65). The maximum Gasteiger partial charge on any atom is 0.576 e. The van der Waals surface area contributed by atoms with Gasteiger partial charge >= 0.3 is 7.69 Å². The Kier molecular flexibility index (Phi) is 14.2. The van der Waals surface area contributed by atoms with Crippen LogP contribution in [0.1, 0.15) is 91.6 Å². The molecule has 0 bridgehead atoms. The van der Waals surface area contributed by atoms with Gasteiger partial charge in [-0.15, -0.1) is 0 Å². The molecule has 2 amide bonds. The van der Waals surface area contributed by atoms with E-state index >= 15 is 0 Å². The van der Waals surface area contributed by atoms with Gasteiger partial charge in [-0.05, 0) is 169 Å². The molecular weight excluding hydrogens is 1040 g/mol. The highest BCUT2D eigenvalue weighted by Gasteiger charge is 2.33. The van der Waals surface area contributed by atoms with Crippen molar-refractivity contribution in [2.75, 3.05) is 22.7 Å². The number of carbonyl (C=O) groups is 2. The summed E-state index contributed by atoms with van der Waals surface area (Å²) in [6, 6.07) is 33.9. The highest BCUT2D eigenvalue weighted by Crippen LogP contribution is 2.47. The molecule has 10 rings (SSSR count). The number of benzene rings is 6. The molecule has 0 spiro atoms. The summed E-state index contributed by atoms with van der Waals surface area (Å²) in [4.78, 5) is 26.6. The fourth-order valence-electron chi connectivity index (χ4n) is 9.29. The van der Waals surface area contributed by atoms with E-state index in [1.165, 1.54) is 50.5 Å². The van der Waals surface area contributed by atoms with E-state index in [1.54, 1.807) is 60.7 Å². The summed E-state index contributed by atoms with van der Waals surface area (Å²) < 4.78 is 78.6. The first-order chi connectivity index (χ1) is 36.3. The molecule has 2 fully saturated rings. The lowest BCUT2D eigenvalue weighted by molar-refractivity contribution is 0.0956. The Hall–Kier alpha value is -7.94. The van der Waals surface area contributed by atoms with Gasteiger partial charge in [0.25, 0.3) is 11.8 Å². The van der Waals surface area contributed by atoms with Gasteiger partial charge in [-0.3, -0.25) is 18.2 Å². The number of anilines is 2. The Balaban J connectivity index is 0.870. The lowest BCUT2D eigenvalue weighted by atomic mass is 9.97. The van der Waals surface area contributed by atoms with Crippen LogP contribution in [-0.2, 0) is 34.9 Å². The topological polar surface area (TPSA) is 225 Å². The number of rotatable bonds is 18. The Morgan fingerprint density at radius 1 is 0.613 bits per heavy atom. The van der Waals surface area contributed by atoms with E-state index in [9.17, 15) is 36.9 Å². The van der Waals surface area contributed by atoms with Gasteiger partial charge in [-0.25, -0.2) is 16.8 Å². The predicted molar refractivity (Wildman–Crippen MR) is 288 cm³/mol. The van der Waals surface area contributed by atoms with Gasteiger partial charge in [0.1, 0.15) is 46.3 Å². The summed E-state index contributed by atoms with van der Waals surface area (Å²) in [5.41, 5.74) is 6.25. The fraction of sp³-hybridized carbons (Fsp3) is 0.185. The number of hydrogen-bond donors (Lipinski definition) is 4. The minimum Gasteiger partial charge on any atom is -0.527 e. The first-order valence-corrected chi connectivity index (χ1v) is 26.6. The molecule has 16 nitrogen and oxygen atoms in total. The third-order valence-electron chi connectivity index (χ3n) is 13.3. The molecule has 2 N–H and O–H groups in total. The average Bonchev–Trinajstić information content (AvgIpc) is 4.37. The molecule has 2 saturated carbocycles. The van der Waals surface area contributed by atoms with Crippen LogP contribution in [-0.4, -0.2) is 50.4 Å². The number of nitrogens with one attached hydrogen (secondary N) is 2. The summed E-state index contributed by atoms with van der Waals surface area (Å²) in [6.07, 6.45) is 3.54. The van der Waals surface area contributed by atoms with Crippen LogP contribution in [0, 0.1) is 22.7 Å². The van der Waals surface area contributed by atoms with Crippen LogP contribution >= 0.6 is 23.2 Å². The lowest BCUT2D eigenvalue weighted by Crippen LogP contribution is -2.22. The van der Waals surface area contributed by atoms with E-state index in [-0.39, 0.29) is 70.7 Å². The quantitative estimate of drug-likeness (QED) is 0.0465. The largest absolute Gasteiger partial charge is 0.576 e. The van der Waals surface area contributed by atoms with Gasteiger partial charge < -0.3 is 28.8 Å². The van der Waals surface area contributed by atoms with Gasteiger partial charge in [0.05, 0.1) is 46.7 Å². The van der Waals surface area contributed by atoms with Gasteiger partial charge in [-0.1, -0.05) is 23.2 Å². The highest BCUT2D eigenvalue weighted by atomic mass is 35.5. The van der Waals surface area contributed by atoms with Crippen molar-refractivity contribution in [2.24, 2.45) is 0 Å². The number of halogens is 2. The second kappa shape index (κ2) is 21.1. The Bertz CT molecular complexity index is 3590. The van der Waals surface area contributed by atoms with Gasteiger partial charge in [0.15, 0.2) is 0 Å². The number of thiol groups is 2. The molecule has 0 saturated heterocycles. The molecule has 2 aromatic heterocycles. The molecule has 2 aliphatic rings. The van der Waals surface area contributed by atoms with E-state index in [1.807, 2.05) is 12.1 Å². The second-order valence-electron chi connectivity index (χ2n) is 18.0. The maximum atomic E-state index is 13.3. The molecule has 2 heterocycles. The molecule has 0 unspecified atom stereocenters. The molecule has 2 aliphatic carbocycles. The first kappa shape index (κ1) is 50.6. The van der Waals surface area contributed by atoms with E-state index in [0.29, 0.717) is 76.9 Å². The van der Waals surface area contributed by atoms with Crippen molar-refractivity contribution >= 4 is 97.8 Å². The number of furan rings is 2. The number of nitriles is 2. The van der Waals surface area contributed by atoms with Crippen LogP contribution in [0.5, 0.6) is 11.5 Å². The first-order valence-electron chi connectivity index (χ1n) is 23.6. The molecule has 75 heavy (non-hydrogen) atoms. The Labute approximate surface area is 444 Å². The minimum atomic E-state index is -3.24.